The van der Waals surface area contributed by atoms with Crippen molar-refractivity contribution in [1.29, 1.82) is 0 Å². The van der Waals surface area contributed by atoms with Crippen LogP contribution in [0.1, 0.15) is 19.3 Å². The molecule has 0 radical (unpaired) electrons. The Hall–Kier alpha value is -0.650. The summed E-state index contributed by atoms with van der Waals surface area (Å²) in [5.74, 6) is -0.785. The number of carboxylic acid groups (broad SMARTS) is 1. The molecule has 2 rings (SSSR count). The highest BCUT2D eigenvalue weighted by molar-refractivity contribution is 5.73. The van der Waals surface area contributed by atoms with Gasteiger partial charge in [-0.15, -0.1) is 0 Å². The lowest BCUT2D eigenvalue weighted by Gasteiger charge is -2.45. The van der Waals surface area contributed by atoms with Crippen molar-refractivity contribution in [2.45, 2.75) is 31.3 Å². The molecule has 0 spiro atoms. The van der Waals surface area contributed by atoms with Gasteiger partial charge in [-0.25, -0.2) is 0 Å². The molecule has 0 aliphatic carbocycles. The van der Waals surface area contributed by atoms with Crippen molar-refractivity contribution in [3.63, 3.8) is 0 Å². The van der Waals surface area contributed by atoms with Crippen LogP contribution < -0.4 is 5.73 Å². The highest BCUT2D eigenvalue weighted by atomic mass is 16.4. The second-order valence-corrected chi connectivity index (χ2v) is 4.77. The van der Waals surface area contributed by atoms with E-state index in [0.717, 1.165) is 19.6 Å². The maximum absolute atomic E-state index is 11.1. The first-order valence-electron chi connectivity index (χ1n) is 6.13. The summed E-state index contributed by atoms with van der Waals surface area (Å²) in [4.78, 5) is 15.6. The molecule has 0 aromatic rings. The molecule has 2 atom stereocenters. The lowest BCUT2D eigenvalue weighted by Crippen LogP contribution is -2.60. The highest BCUT2D eigenvalue weighted by Gasteiger charge is 2.33. The van der Waals surface area contributed by atoms with E-state index in [0.29, 0.717) is 6.04 Å². The highest BCUT2D eigenvalue weighted by Crippen LogP contribution is 2.21. The van der Waals surface area contributed by atoms with Crippen LogP contribution in [0.2, 0.25) is 0 Å². The van der Waals surface area contributed by atoms with Crippen molar-refractivity contribution in [1.82, 2.24) is 9.80 Å². The zero-order valence-corrected chi connectivity index (χ0v) is 9.64. The smallest absolute Gasteiger partial charge is 0.322 e. The van der Waals surface area contributed by atoms with Gasteiger partial charge in [0.1, 0.15) is 6.04 Å². The molecule has 0 saturated carbocycles. The SMILES string of the molecule is NCC(C(=O)O)N1CCN2CCCCC2C1. The average molecular weight is 227 g/mol. The molecule has 2 fully saturated rings. The number of piperidine rings is 1. The number of nitrogens with two attached hydrogens (primary N) is 1. The summed E-state index contributed by atoms with van der Waals surface area (Å²) in [6, 6.07) is 0.0555. The predicted octanol–water partition coefficient (Wildman–Crippen LogP) is -0.432. The molecule has 0 amide bonds. The first-order chi connectivity index (χ1) is 7.72. The van der Waals surface area contributed by atoms with Gasteiger partial charge in [0.25, 0.3) is 0 Å². The van der Waals surface area contributed by atoms with Crippen molar-refractivity contribution in [2.75, 3.05) is 32.7 Å². The van der Waals surface area contributed by atoms with Gasteiger partial charge < -0.3 is 10.8 Å². The van der Waals surface area contributed by atoms with E-state index in [1.807, 2.05) is 4.90 Å². The summed E-state index contributed by atoms with van der Waals surface area (Å²) in [5, 5.41) is 9.09. The van der Waals surface area contributed by atoms with Crippen LogP contribution >= 0.6 is 0 Å². The summed E-state index contributed by atoms with van der Waals surface area (Å²) in [6.07, 6.45) is 3.76. The van der Waals surface area contributed by atoms with E-state index in [9.17, 15) is 4.79 Å². The van der Waals surface area contributed by atoms with Crippen LogP contribution in [-0.2, 0) is 4.79 Å². The van der Waals surface area contributed by atoms with Crippen molar-refractivity contribution >= 4 is 5.97 Å². The molecule has 2 aliphatic rings. The number of aliphatic carboxylic acids is 1. The summed E-state index contributed by atoms with van der Waals surface area (Å²) < 4.78 is 0. The summed E-state index contributed by atoms with van der Waals surface area (Å²) in [6.45, 7) is 4.09. The number of fused-ring (bicyclic) bond motifs is 1. The van der Waals surface area contributed by atoms with Crippen LogP contribution in [0.5, 0.6) is 0 Å². The van der Waals surface area contributed by atoms with Gasteiger partial charge in [-0.05, 0) is 19.4 Å². The fraction of sp³-hybridized carbons (Fsp3) is 0.909. The topological polar surface area (TPSA) is 69.8 Å². The van der Waals surface area contributed by atoms with Crippen LogP contribution in [-0.4, -0.2) is 65.7 Å². The monoisotopic (exact) mass is 227 g/mol. The molecule has 5 heteroatoms. The predicted molar refractivity (Wildman–Crippen MR) is 61.3 cm³/mol. The first kappa shape index (κ1) is 11.8. The third-order valence-electron chi connectivity index (χ3n) is 3.82. The van der Waals surface area contributed by atoms with E-state index in [-0.39, 0.29) is 6.54 Å². The Labute approximate surface area is 96.2 Å². The lowest BCUT2D eigenvalue weighted by atomic mass is 9.98. The molecular weight excluding hydrogens is 206 g/mol. The zero-order chi connectivity index (χ0) is 11.5. The quantitative estimate of drug-likeness (QED) is 0.684. The van der Waals surface area contributed by atoms with Gasteiger partial charge in [-0.1, -0.05) is 6.42 Å². The number of rotatable bonds is 3. The molecule has 16 heavy (non-hydrogen) atoms. The molecule has 3 N–H and O–H groups in total. The molecule has 0 bridgehead atoms. The minimum atomic E-state index is -0.785. The molecule has 2 unspecified atom stereocenters. The van der Waals surface area contributed by atoms with Gasteiger partial charge in [-0.3, -0.25) is 14.6 Å². The number of hydrogen-bond acceptors (Lipinski definition) is 4. The maximum Gasteiger partial charge on any atom is 0.322 e. The van der Waals surface area contributed by atoms with Crippen molar-refractivity contribution in [3.05, 3.63) is 0 Å². The van der Waals surface area contributed by atoms with E-state index in [1.54, 1.807) is 0 Å². The van der Waals surface area contributed by atoms with Crippen LogP contribution in [0.4, 0.5) is 0 Å². The van der Waals surface area contributed by atoms with Crippen molar-refractivity contribution in [2.24, 2.45) is 5.73 Å². The number of hydrogen-bond donors (Lipinski definition) is 2. The Morgan fingerprint density at radius 2 is 2.19 bits per heavy atom. The van der Waals surface area contributed by atoms with E-state index < -0.39 is 12.0 Å². The average Bonchev–Trinajstić information content (AvgIpc) is 2.29. The third-order valence-corrected chi connectivity index (χ3v) is 3.82. The maximum atomic E-state index is 11.1. The number of nitrogens with zero attached hydrogens (tertiary/aromatic N) is 2. The van der Waals surface area contributed by atoms with Gasteiger partial charge >= 0.3 is 5.97 Å². The first-order valence-corrected chi connectivity index (χ1v) is 6.13. The minimum absolute atomic E-state index is 0.210. The Balaban J connectivity index is 1.95. The Morgan fingerprint density at radius 3 is 2.88 bits per heavy atom. The van der Waals surface area contributed by atoms with Gasteiger partial charge in [-0.2, -0.15) is 0 Å². The summed E-state index contributed by atoms with van der Waals surface area (Å²) in [5.41, 5.74) is 5.54. The van der Waals surface area contributed by atoms with Crippen molar-refractivity contribution in [3.8, 4) is 0 Å². The minimum Gasteiger partial charge on any atom is -0.480 e. The third kappa shape index (κ3) is 2.36. The number of carboxylic acids is 1. The van der Waals surface area contributed by atoms with Crippen molar-refractivity contribution < 1.29 is 9.90 Å². The molecule has 0 aromatic heterocycles. The second kappa shape index (κ2) is 5.12. The zero-order valence-electron chi connectivity index (χ0n) is 9.64. The van der Waals surface area contributed by atoms with Gasteiger partial charge in [0, 0.05) is 32.2 Å². The Kier molecular flexibility index (Phi) is 3.78. The Morgan fingerprint density at radius 1 is 1.38 bits per heavy atom. The normalized spacial score (nSPS) is 29.7. The van der Waals surface area contributed by atoms with E-state index >= 15 is 0 Å². The fourth-order valence-electron chi connectivity index (χ4n) is 2.87. The standard InChI is InChI=1S/C11H21N3O2/c12-7-10(11(15)16)14-6-5-13-4-2-1-3-9(13)8-14/h9-10H,1-8,12H2,(H,15,16). The lowest BCUT2D eigenvalue weighted by molar-refractivity contribution is -0.144. The molecule has 2 saturated heterocycles. The molecule has 0 aromatic carbocycles. The summed E-state index contributed by atoms with van der Waals surface area (Å²) in [7, 11) is 0. The van der Waals surface area contributed by atoms with Crippen LogP contribution in [0.25, 0.3) is 0 Å². The van der Waals surface area contributed by atoms with E-state index in [4.69, 9.17) is 10.8 Å². The molecule has 2 heterocycles. The van der Waals surface area contributed by atoms with Crippen LogP contribution in [0.3, 0.4) is 0 Å². The number of carbonyl (C=O) groups is 1. The van der Waals surface area contributed by atoms with Gasteiger partial charge in [0.05, 0.1) is 0 Å². The second-order valence-electron chi connectivity index (χ2n) is 4.77. The van der Waals surface area contributed by atoms with Gasteiger partial charge in [0.15, 0.2) is 0 Å². The van der Waals surface area contributed by atoms with Crippen LogP contribution in [0.15, 0.2) is 0 Å². The fourth-order valence-corrected chi connectivity index (χ4v) is 2.87. The number of piperazine rings is 1. The summed E-state index contributed by atoms with van der Waals surface area (Å²) >= 11 is 0. The van der Waals surface area contributed by atoms with Gasteiger partial charge in [0.2, 0.25) is 0 Å². The largest absolute Gasteiger partial charge is 0.480 e. The van der Waals surface area contributed by atoms with Crippen LogP contribution in [0, 0.1) is 0 Å². The molecule has 5 nitrogen and oxygen atoms in total. The van der Waals surface area contributed by atoms with E-state index in [2.05, 4.69) is 4.90 Å². The molecule has 92 valence electrons. The molecule has 2 aliphatic heterocycles. The van der Waals surface area contributed by atoms with E-state index in [1.165, 1.54) is 25.8 Å². The Bertz CT molecular complexity index is 260. The molecular formula is C11H21N3O2.